The number of carbonyl (C=O) groups is 4. The molecule has 1 aromatic carbocycles. The molecule has 0 spiro atoms. The van der Waals surface area contributed by atoms with Crippen LogP contribution in [0.5, 0.6) is 0 Å². The van der Waals surface area contributed by atoms with Gasteiger partial charge in [0.1, 0.15) is 0 Å². The Morgan fingerprint density at radius 3 is 2.50 bits per heavy atom. The molecule has 0 radical (unpaired) electrons. The topological polar surface area (TPSA) is 102 Å². The highest BCUT2D eigenvalue weighted by molar-refractivity contribution is 6.21. The second-order valence-corrected chi connectivity index (χ2v) is 6.17. The average molecular weight is 362 g/mol. The standard InChI is InChI=1S/C18H22N2O6/c1-11(2)19-15(21)10-26-18(24)12-5-6-13-14(9-12)17(23)20(16(13)22)7-4-8-25-3/h5-6,9,11H,4,7-8,10H2,1-3H3,(H,19,21). The van der Waals surface area contributed by atoms with Crippen molar-refractivity contribution in [3.05, 3.63) is 34.9 Å². The zero-order valence-electron chi connectivity index (χ0n) is 15.0. The van der Waals surface area contributed by atoms with E-state index < -0.39 is 30.3 Å². The maximum Gasteiger partial charge on any atom is 0.338 e. The number of esters is 1. The first-order valence-corrected chi connectivity index (χ1v) is 8.30. The van der Waals surface area contributed by atoms with Crippen molar-refractivity contribution in [2.24, 2.45) is 0 Å². The highest BCUT2D eigenvalue weighted by Gasteiger charge is 2.35. The molecule has 8 nitrogen and oxygen atoms in total. The predicted molar refractivity (Wildman–Crippen MR) is 91.9 cm³/mol. The Kier molecular flexibility index (Phi) is 6.46. The van der Waals surface area contributed by atoms with Gasteiger partial charge >= 0.3 is 5.97 Å². The number of nitrogens with zero attached hydrogens (tertiary/aromatic N) is 1. The summed E-state index contributed by atoms with van der Waals surface area (Å²) in [6, 6.07) is 4.10. The minimum absolute atomic E-state index is 0.0612. The number of methoxy groups -OCH3 is 1. The third-order valence-electron chi connectivity index (χ3n) is 3.72. The second kappa shape index (κ2) is 8.57. The molecule has 0 unspecified atom stereocenters. The van der Waals surface area contributed by atoms with E-state index in [-0.39, 0.29) is 29.3 Å². The molecule has 1 heterocycles. The molecular weight excluding hydrogens is 340 g/mol. The van der Waals surface area contributed by atoms with Crippen molar-refractivity contribution in [1.29, 1.82) is 0 Å². The van der Waals surface area contributed by atoms with Gasteiger partial charge in [-0.3, -0.25) is 19.3 Å². The maximum absolute atomic E-state index is 12.4. The number of imide groups is 1. The third kappa shape index (κ3) is 4.45. The van der Waals surface area contributed by atoms with Crippen LogP contribution in [-0.4, -0.2) is 61.5 Å². The molecule has 1 N–H and O–H groups in total. The van der Waals surface area contributed by atoms with Crippen molar-refractivity contribution in [1.82, 2.24) is 10.2 Å². The molecule has 3 amide bonds. The number of nitrogens with one attached hydrogen (secondary N) is 1. The molecule has 140 valence electrons. The monoisotopic (exact) mass is 362 g/mol. The van der Waals surface area contributed by atoms with Crippen LogP contribution in [0.3, 0.4) is 0 Å². The van der Waals surface area contributed by atoms with Crippen LogP contribution in [0, 0.1) is 0 Å². The zero-order valence-corrected chi connectivity index (χ0v) is 15.0. The summed E-state index contributed by atoms with van der Waals surface area (Å²) in [5.41, 5.74) is 0.524. The van der Waals surface area contributed by atoms with Crippen LogP contribution in [-0.2, 0) is 14.3 Å². The Hall–Kier alpha value is -2.74. The molecule has 0 saturated carbocycles. The smallest absolute Gasteiger partial charge is 0.338 e. The molecule has 8 heteroatoms. The number of fused-ring (bicyclic) bond motifs is 1. The number of hydrogen-bond donors (Lipinski definition) is 1. The lowest BCUT2D eigenvalue weighted by molar-refractivity contribution is -0.124. The Bertz CT molecular complexity index is 728. The van der Waals surface area contributed by atoms with E-state index in [1.165, 1.54) is 18.2 Å². The fraction of sp³-hybridized carbons (Fsp3) is 0.444. The molecule has 1 aliphatic heterocycles. The van der Waals surface area contributed by atoms with Crippen LogP contribution in [0.25, 0.3) is 0 Å². The molecule has 2 rings (SSSR count). The first kappa shape index (κ1) is 19.6. The van der Waals surface area contributed by atoms with Gasteiger partial charge in [0.15, 0.2) is 6.61 Å². The molecule has 0 aromatic heterocycles. The quantitative estimate of drug-likeness (QED) is 0.420. The van der Waals surface area contributed by atoms with Crippen molar-refractivity contribution < 1.29 is 28.7 Å². The van der Waals surface area contributed by atoms with Gasteiger partial charge in [0.25, 0.3) is 17.7 Å². The summed E-state index contributed by atoms with van der Waals surface area (Å²) in [7, 11) is 1.54. The summed E-state index contributed by atoms with van der Waals surface area (Å²) in [6.45, 7) is 3.85. The van der Waals surface area contributed by atoms with E-state index in [9.17, 15) is 19.2 Å². The lowest BCUT2D eigenvalue weighted by Gasteiger charge is -2.12. The molecule has 1 aliphatic rings. The minimum atomic E-state index is -0.732. The SMILES string of the molecule is COCCCN1C(=O)c2ccc(C(=O)OCC(=O)NC(C)C)cc2C1=O. The molecule has 0 bridgehead atoms. The Morgan fingerprint density at radius 1 is 1.15 bits per heavy atom. The van der Waals surface area contributed by atoms with E-state index in [4.69, 9.17) is 9.47 Å². The van der Waals surface area contributed by atoms with E-state index in [1.807, 2.05) is 0 Å². The van der Waals surface area contributed by atoms with Gasteiger partial charge in [-0.1, -0.05) is 0 Å². The second-order valence-electron chi connectivity index (χ2n) is 6.17. The molecule has 26 heavy (non-hydrogen) atoms. The van der Waals surface area contributed by atoms with Gasteiger partial charge in [-0.15, -0.1) is 0 Å². The molecule has 0 aliphatic carbocycles. The molecule has 0 saturated heterocycles. The fourth-order valence-corrected chi connectivity index (χ4v) is 2.57. The fourth-order valence-electron chi connectivity index (χ4n) is 2.57. The molecule has 1 aromatic rings. The van der Waals surface area contributed by atoms with E-state index in [2.05, 4.69) is 5.32 Å². The maximum atomic E-state index is 12.4. The van der Waals surface area contributed by atoms with Crippen LogP contribution in [0.1, 0.15) is 51.3 Å². The van der Waals surface area contributed by atoms with Gasteiger partial charge in [0.05, 0.1) is 16.7 Å². The first-order valence-electron chi connectivity index (χ1n) is 8.30. The van der Waals surface area contributed by atoms with Crippen LogP contribution in [0.4, 0.5) is 0 Å². The van der Waals surface area contributed by atoms with Crippen molar-refractivity contribution in [2.45, 2.75) is 26.3 Å². The van der Waals surface area contributed by atoms with Crippen molar-refractivity contribution >= 4 is 23.7 Å². The predicted octanol–water partition coefficient (Wildman–Crippen LogP) is 1.00. The van der Waals surface area contributed by atoms with Gasteiger partial charge in [-0.05, 0) is 38.5 Å². The van der Waals surface area contributed by atoms with Gasteiger partial charge in [0, 0.05) is 26.3 Å². The first-order chi connectivity index (χ1) is 12.3. The number of hydrogen-bond acceptors (Lipinski definition) is 6. The lowest BCUT2D eigenvalue weighted by atomic mass is 10.1. The molecule has 0 atom stereocenters. The zero-order chi connectivity index (χ0) is 19.3. The summed E-state index contributed by atoms with van der Waals surface area (Å²) in [5.74, 6) is -1.99. The number of rotatable bonds is 8. The van der Waals surface area contributed by atoms with E-state index in [0.29, 0.717) is 13.0 Å². The van der Waals surface area contributed by atoms with Gasteiger partial charge in [0.2, 0.25) is 0 Å². The highest BCUT2D eigenvalue weighted by atomic mass is 16.5. The lowest BCUT2D eigenvalue weighted by Crippen LogP contribution is -2.34. The van der Waals surface area contributed by atoms with E-state index in [0.717, 1.165) is 4.90 Å². The van der Waals surface area contributed by atoms with Gasteiger partial charge < -0.3 is 14.8 Å². The number of amides is 3. The van der Waals surface area contributed by atoms with E-state index >= 15 is 0 Å². The summed E-state index contributed by atoms with van der Waals surface area (Å²) >= 11 is 0. The van der Waals surface area contributed by atoms with Crippen LogP contribution < -0.4 is 5.32 Å². The number of ether oxygens (including phenoxy) is 2. The van der Waals surface area contributed by atoms with Crippen molar-refractivity contribution in [3.8, 4) is 0 Å². The van der Waals surface area contributed by atoms with Crippen LogP contribution in [0.2, 0.25) is 0 Å². The summed E-state index contributed by atoms with van der Waals surface area (Å²) in [4.78, 5) is 49.5. The largest absolute Gasteiger partial charge is 0.452 e. The Morgan fingerprint density at radius 2 is 1.85 bits per heavy atom. The average Bonchev–Trinajstić information content (AvgIpc) is 2.83. The summed E-state index contributed by atoms with van der Waals surface area (Å²) in [5, 5.41) is 2.60. The Balaban J connectivity index is 2.05. The van der Waals surface area contributed by atoms with Crippen LogP contribution >= 0.6 is 0 Å². The van der Waals surface area contributed by atoms with Gasteiger partial charge in [-0.25, -0.2) is 4.79 Å². The number of carbonyl (C=O) groups excluding carboxylic acids is 4. The molecule has 0 fully saturated rings. The van der Waals surface area contributed by atoms with Crippen LogP contribution in [0.15, 0.2) is 18.2 Å². The number of benzene rings is 1. The summed E-state index contributed by atoms with van der Waals surface area (Å²) in [6.07, 6.45) is 0.530. The van der Waals surface area contributed by atoms with Crippen molar-refractivity contribution in [2.75, 3.05) is 26.9 Å². The third-order valence-corrected chi connectivity index (χ3v) is 3.72. The van der Waals surface area contributed by atoms with E-state index in [1.54, 1.807) is 21.0 Å². The summed E-state index contributed by atoms with van der Waals surface area (Å²) < 4.78 is 9.87. The Labute approximate surface area is 151 Å². The minimum Gasteiger partial charge on any atom is -0.452 e. The normalized spacial score (nSPS) is 13.2. The van der Waals surface area contributed by atoms with Crippen molar-refractivity contribution in [3.63, 3.8) is 0 Å². The van der Waals surface area contributed by atoms with Gasteiger partial charge in [-0.2, -0.15) is 0 Å². The highest BCUT2D eigenvalue weighted by Crippen LogP contribution is 2.24. The molecular formula is C18H22N2O6.